The number of carboxylic acid groups (broad SMARTS) is 1. The molecule has 0 unspecified atom stereocenters. The summed E-state index contributed by atoms with van der Waals surface area (Å²) in [6, 6.07) is 0. The van der Waals surface area contributed by atoms with Crippen molar-refractivity contribution in [3.8, 4) is 0 Å². The Bertz CT molecular complexity index is 125. The number of carbonyl (C=O) groups is 2. The fourth-order valence-electron chi connectivity index (χ4n) is 0.218. The van der Waals surface area contributed by atoms with Gasteiger partial charge in [-0.25, -0.2) is 0 Å². The van der Waals surface area contributed by atoms with Crippen molar-refractivity contribution in [3.05, 3.63) is 0 Å². The molecule has 0 heterocycles. The first kappa shape index (κ1) is 8.23. The lowest BCUT2D eigenvalue weighted by molar-refractivity contribution is -0.303. The topological polar surface area (TPSA) is 69.2 Å². The number of carboxylic acids is 1. The van der Waals surface area contributed by atoms with Crippen molar-refractivity contribution >= 4 is 23.5 Å². The molecule has 0 spiro atoms. The minimum absolute atomic E-state index is 0.229. The van der Waals surface area contributed by atoms with Gasteiger partial charge in [0.1, 0.15) is 5.88 Å². The van der Waals surface area contributed by atoms with Gasteiger partial charge in [-0.15, -0.1) is 11.6 Å². The van der Waals surface area contributed by atoms with E-state index in [9.17, 15) is 14.7 Å². The van der Waals surface area contributed by atoms with Crippen molar-refractivity contribution in [2.75, 3.05) is 12.4 Å². The number of hydrogen-bond acceptors (Lipinski definition) is 3. The molecule has 5 heteroatoms. The third kappa shape index (κ3) is 5.10. The van der Waals surface area contributed by atoms with E-state index in [0.29, 0.717) is 0 Å². The number of amides is 1. The Hall–Kier alpha value is -0.770. The van der Waals surface area contributed by atoms with E-state index in [0.717, 1.165) is 0 Å². The molecule has 9 heavy (non-hydrogen) atoms. The van der Waals surface area contributed by atoms with Crippen molar-refractivity contribution in [2.24, 2.45) is 0 Å². The molecule has 4 nitrogen and oxygen atoms in total. The van der Waals surface area contributed by atoms with Crippen LogP contribution in [0.3, 0.4) is 0 Å². The molecule has 0 radical (unpaired) electrons. The average molecular weight is 151 g/mol. The van der Waals surface area contributed by atoms with Crippen LogP contribution in [0.15, 0.2) is 0 Å². The zero-order valence-electron chi connectivity index (χ0n) is 4.52. The van der Waals surface area contributed by atoms with Crippen LogP contribution < -0.4 is 10.4 Å². The predicted molar refractivity (Wildman–Crippen MR) is 28.7 cm³/mol. The molecule has 0 aliphatic heterocycles. The van der Waals surface area contributed by atoms with Gasteiger partial charge in [-0.3, -0.25) is 4.79 Å². The smallest absolute Gasteiger partial charge is 0.235 e. The quantitative estimate of drug-likeness (QED) is 0.478. The van der Waals surface area contributed by atoms with Gasteiger partial charge >= 0.3 is 0 Å². The van der Waals surface area contributed by atoms with Gasteiger partial charge < -0.3 is 15.2 Å². The number of hydrogen-bond donors (Lipinski definition) is 1. The van der Waals surface area contributed by atoms with Gasteiger partial charge in [0.05, 0.1) is 12.5 Å². The van der Waals surface area contributed by atoms with E-state index in [4.69, 9.17) is 11.6 Å². The van der Waals surface area contributed by atoms with Crippen LogP contribution in [0.4, 0.5) is 0 Å². The third-order valence-corrected chi connectivity index (χ3v) is 0.794. The van der Waals surface area contributed by atoms with E-state index in [-0.39, 0.29) is 5.88 Å². The fourth-order valence-corrected chi connectivity index (χ4v) is 0.312. The van der Waals surface area contributed by atoms with Gasteiger partial charge in [-0.2, -0.15) is 0 Å². The Morgan fingerprint density at radius 1 is 1.56 bits per heavy atom. The second kappa shape index (κ2) is 4.14. The van der Waals surface area contributed by atoms with Crippen molar-refractivity contribution in [2.45, 2.75) is 0 Å². The van der Waals surface area contributed by atoms with Crippen molar-refractivity contribution < 1.29 is 14.7 Å². The molecule has 0 fully saturated rings. The molecule has 0 aromatic rings. The highest BCUT2D eigenvalue weighted by atomic mass is 35.5. The molecule has 0 saturated heterocycles. The summed E-state index contributed by atoms with van der Waals surface area (Å²) in [5.74, 6) is -2.07. The fraction of sp³-hybridized carbons (Fsp3) is 0.500. The Labute approximate surface area is 56.8 Å². The SMILES string of the molecule is O=C([O-])CNC(=O)CCl. The number of halogens is 1. The zero-order chi connectivity index (χ0) is 7.28. The second-order valence-electron chi connectivity index (χ2n) is 1.28. The molecule has 0 saturated carbocycles. The monoisotopic (exact) mass is 150 g/mol. The summed E-state index contributed by atoms with van der Waals surface area (Å²) in [6.45, 7) is -0.481. The number of rotatable bonds is 3. The van der Waals surface area contributed by atoms with E-state index in [1.807, 2.05) is 5.32 Å². The van der Waals surface area contributed by atoms with Crippen LogP contribution in [-0.4, -0.2) is 24.3 Å². The summed E-state index contributed by atoms with van der Waals surface area (Å²) in [5, 5.41) is 11.6. The minimum Gasteiger partial charge on any atom is -0.548 e. The van der Waals surface area contributed by atoms with Gasteiger partial charge in [0.15, 0.2) is 0 Å². The first-order valence-electron chi connectivity index (χ1n) is 2.19. The zero-order valence-corrected chi connectivity index (χ0v) is 5.27. The number of nitrogens with one attached hydrogen (secondary N) is 1. The summed E-state index contributed by atoms with van der Waals surface area (Å²) in [6.07, 6.45) is 0. The van der Waals surface area contributed by atoms with E-state index in [2.05, 4.69) is 0 Å². The van der Waals surface area contributed by atoms with Crippen molar-refractivity contribution in [3.63, 3.8) is 0 Å². The van der Waals surface area contributed by atoms with Crippen molar-refractivity contribution in [1.29, 1.82) is 0 Å². The Balaban J connectivity index is 3.28. The molecule has 0 atom stereocenters. The summed E-state index contributed by atoms with van der Waals surface area (Å²) in [5.41, 5.74) is 0. The summed E-state index contributed by atoms with van der Waals surface area (Å²) in [7, 11) is 0. The third-order valence-electron chi connectivity index (χ3n) is 0.551. The molecule has 0 bridgehead atoms. The molecular weight excluding hydrogens is 146 g/mol. The van der Waals surface area contributed by atoms with Crippen LogP contribution in [0.2, 0.25) is 0 Å². The summed E-state index contributed by atoms with van der Waals surface area (Å²) >= 11 is 5.01. The maximum Gasteiger partial charge on any atom is 0.235 e. The molecular formula is C4H5ClNO3-. The molecule has 52 valence electrons. The van der Waals surface area contributed by atoms with E-state index in [1.165, 1.54) is 0 Å². The Kier molecular flexibility index (Phi) is 3.79. The first-order valence-corrected chi connectivity index (χ1v) is 2.72. The minimum atomic E-state index is -1.33. The molecule has 1 N–H and O–H groups in total. The summed E-state index contributed by atoms with van der Waals surface area (Å²) in [4.78, 5) is 19.8. The lowest BCUT2D eigenvalue weighted by Gasteiger charge is -2.01. The van der Waals surface area contributed by atoms with Crippen molar-refractivity contribution in [1.82, 2.24) is 5.32 Å². The van der Waals surface area contributed by atoms with Gasteiger partial charge in [-0.1, -0.05) is 0 Å². The van der Waals surface area contributed by atoms with Crippen LogP contribution in [0.25, 0.3) is 0 Å². The average Bonchev–Trinajstić information content (AvgIpc) is 1.83. The first-order chi connectivity index (χ1) is 4.16. The van der Waals surface area contributed by atoms with Crippen LogP contribution in [0.1, 0.15) is 0 Å². The molecule has 0 aliphatic carbocycles. The highest BCUT2D eigenvalue weighted by Crippen LogP contribution is 1.71. The molecule has 1 amide bonds. The van der Waals surface area contributed by atoms with Gasteiger partial charge in [0.25, 0.3) is 0 Å². The molecule has 0 aromatic heterocycles. The number of carbonyl (C=O) groups excluding carboxylic acids is 2. The van der Waals surface area contributed by atoms with Crippen LogP contribution >= 0.6 is 11.6 Å². The molecule has 0 aliphatic rings. The maximum absolute atomic E-state index is 10.2. The summed E-state index contributed by atoms with van der Waals surface area (Å²) < 4.78 is 0. The van der Waals surface area contributed by atoms with Gasteiger partial charge in [-0.05, 0) is 0 Å². The Morgan fingerprint density at radius 3 is 2.44 bits per heavy atom. The number of alkyl halides is 1. The van der Waals surface area contributed by atoms with E-state index in [1.54, 1.807) is 0 Å². The lowest BCUT2D eigenvalue weighted by Crippen LogP contribution is -2.38. The van der Waals surface area contributed by atoms with E-state index >= 15 is 0 Å². The van der Waals surface area contributed by atoms with E-state index < -0.39 is 18.4 Å². The highest BCUT2D eigenvalue weighted by Gasteiger charge is 1.94. The van der Waals surface area contributed by atoms with Gasteiger partial charge in [0.2, 0.25) is 5.91 Å². The normalized spacial score (nSPS) is 8.56. The highest BCUT2D eigenvalue weighted by molar-refractivity contribution is 6.27. The van der Waals surface area contributed by atoms with Gasteiger partial charge in [0, 0.05) is 0 Å². The maximum atomic E-state index is 10.2. The van der Waals surface area contributed by atoms with Crippen LogP contribution in [-0.2, 0) is 9.59 Å². The Morgan fingerprint density at radius 2 is 2.11 bits per heavy atom. The molecule has 0 rings (SSSR count). The standard InChI is InChI=1S/C4H6ClNO3/c5-1-3(7)6-2-4(8)9/h1-2H2,(H,6,7)(H,8,9)/p-1. The largest absolute Gasteiger partial charge is 0.548 e. The number of aliphatic carboxylic acids is 1. The molecule has 0 aromatic carbocycles. The second-order valence-corrected chi connectivity index (χ2v) is 1.55. The van der Waals surface area contributed by atoms with Crippen LogP contribution in [0.5, 0.6) is 0 Å². The van der Waals surface area contributed by atoms with Crippen LogP contribution in [0, 0.1) is 0 Å². The lowest BCUT2D eigenvalue weighted by atomic mass is 10.6. The predicted octanol–water partition coefficient (Wildman–Crippen LogP) is -1.91.